The van der Waals surface area contributed by atoms with Crippen LogP contribution in [0.1, 0.15) is 52.1 Å². The van der Waals surface area contributed by atoms with E-state index in [4.69, 9.17) is 9.47 Å². The summed E-state index contributed by atoms with van der Waals surface area (Å²) in [5.41, 5.74) is -0.626. The van der Waals surface area contributed by atoms with E-state index in [1.165, 1.54) is 10.9 Å². The van der Waals surface area contributed by atoms with Crippen molar-refractivity contribution in [3.63, 3.8) is 0 Å². The molecule has 2 aliphatic rings. The molecule has 0 aromatic carbocycles. The number of halogens is 1. The number of ether oxygens (including phenoxy) is 2. The summed E-state index contributed by atoms with van der Waals surface area (Å²) in [6.45, 7) is 9.16. The maximum Gasteiger partial charge on any atom is 0.410 e. The van der Waals surface area contributed by atoms with Gasteiger partial charge < -0.3 is 19.3 Å². The maximum absolute atomic E-state index is 13.5. The fourth-order valence-corrected chi connectivity index (χ4v) is 4.26. The molecule has 4 heterocycles. The molecule has 2 aromatic rings. The van der Waals surface area contributed by atoms with E-state index in [0.717, 1.165) is 11.8 Å². The van der Waals surface area contributed by atoms with Gasteiger partial charge >= 0.3 is 6.09 Å². The largest absolute Gasteiger partial charge is 0.444 e. The first-order valence-corrected chi connectivity index (χ1v) is 11.2. The van der Waals surface area contributed by atoms with Crippen LogP contribution in [-0.2, 0) is 14.3 Å². The van der Waals surface area contributed by atoms with Crippen LogP contribution in [-0.4, -0.2) is 74.0 Å². The number of carbonyl (C=O) groups excluding carboxylic acids is 2. The Morgan fingerprint density at radius 2 is 1.94 bits per heavy atom. The highest BCUT2D eigenvalue weighted by Gasteiger charge is 2.49. The minimum absolute atomic E-state index is 0.0664. The second kappa shape index (κ2) is 8.74. The first-order chi connectivity index (χ1) is 15.6. The molecule has 0 bridgehead atoms. The fourth-order valence-electron chi connectivity index (χ4n) is 4.26. The summed E-state index contributed by atoms with van der Waals surface area (Å²) in [5, 5.41) is 3.92. The number of nitrogens with zero attached hydrogens (tertiary/aromatic N) is 5. The molecule has 2 aromatic heterocycles. The molecule has 0 N–H and O–H groups in total. The molecule has 33 heavy (non-hydrogen) atoms. The van der Waals surface area contributed by atoms with Gasteiger partial charge in [0, 0.05) is 38.7 Å². The number of likely N-dealkylation sites (tertiary alicyclic amines) is 1. The molecule has 10 heteroatoms. The van der Waals surface area contributed by atoms with Crippen molar-refractivity contribution in [2.75, 3.05) is 26.2 Å². The predicted molar refractivity (Wildman–Crippen MR) is 117 cm³/mol. The SMILES string of the molecule is CC(c1ccc(-n2cc(F)cn2)nc1)N1CCOC2(CCN(C(=O)OC(C)(C)C)CC2)C1=O. The third kappa shape index (κ3) is 4.85. The smallest absolute Gasteiger partial charge is 0.410 e. The lowest BCUT2D eigenvalue weighted by molar-refractivity contribution is -0.182. The molecule has 2 amide bonds. The number of amides is 2. The van der Waals surface area contributed by atoms with Crippen LogP contribution >= 0.6 is 0 Å². The van der Waals surface area contributed by atoms with E-state index in [0.29, 0.717) is 44.9 Å². The molecule has 2 fully saturated rings. The Morgan fingerprint density at radius 1 is 1.21 bits per heavy atom. The van der Waals surface area contributed by atoms with Crippen LogP contribution in [0.25, 0.3) is 5.82 Å². The number of hydrogen-bond donors (Lipinski definition) is 0. The Hall–Kier alpha value is -3.01. The number of morpholine rings is 1. The average molecular weight is 460 g/mol. The van der Waals surface area contributed by atoms with Gasteiger partial charge in [-0.1, -0.05) is 6.07 Å². The third-order valence-electron chi connectivity index (χ3n) is 6.09. The van der Waals surface area contributed by atoms with Crippen molar-refractivity contribution in [1.82, 2.24) is 24.6 Å². The highest BCUT2D eigenvalue weighted by molar-refractivity contribution is 5.86. The fraction of sp³-hybridized carbons (Fsp3) is 0.565. The molecule has 2 saturated heterocycles. The van der Waals surface area contributed by atoms with Gasteiger partial charge in [0.25, 0.3) is 5.91 Å². The van der Waals surface area contributed by atoms with Gasteiger partial charge in [0.15, 0.2) is 11.6 Å². The minimum Gasteiger partial charge on any atom is -0.444 e. The lowest BCUT2D eigenvalue weighted by Crippen LogP contribution is -2.61. The number of piperidine rings is 1. The Kier molecular flexibility index (Phi) is 6.13. The second-order valence-electron chi connectivity index (χ2n) is 9.54. The number of rotatable bonds is 3. The van der Waals surface area contributed by atoms with Gasteiger partial charge in [-0.05, 0) is 39.3 Å². The molecular formula is C23H30FN5O4. The molecule has 0 saturated carbocycles. The number of aromatic nitrogens is 3. The van der Waals surface area contributed by atoms with Gasteiger partial charge in [-0.2, -0.15) is 5.10 Å². The molecule has 0 radical (unpaired) electrons. The average Bonchev–Trinajstić information content (AvgIpc) is 3.21. The third-order valence-corrected chi connectivity index (χ3v) is 6.09. The van der Waals surface area contributed by atoms with Crippen LogP contribution < -0.4 is 0 Å². The Bertz CT molecular complexity index is 1010. The highest BCUT2D eigenvalue weighted by atomic mass is 19.1. The predicted octanol–water partition coefficient (Wildman–Crippen LogP) is 3.10. The van der Waals surface area contributed by atoms with Gasteiger partial charge in [-0.3, -0.25) is 4.79 Å². The van der Waals surface area contributed by atoms with E-state index < -0.39 is 17.0 Å². The van der Waals surface area contributed by atoms with Crippen LogP contribution in [0.2, 0.25) is 0 Å². The van der Waals surface area contributed by atoms with Gasteiger partial charge in [0.2, 0.25) is 0 Å². The summed E-state index contributed by atoms with van der Waals surface area (Å²) in [6.07, 6.45) is 4.55. The van der Waals surface area contributed by atoms with Crippen LogP contribution in [0.4, 0.5) is 9.18 Å². The first-order valence-electron chi connectivity index (χ1n) is 11.2. The molecular weight excluding hydrogens is 429 g/mol. The van der Waals surface area contributed by atoms with Crippen molar-refractivity contribution < 1.29 is 23.5 Å². The summed E-state index contributed by atoms with van der Waals surface area (Å²) in [4.78, 5) is 33.7. The standard InChI is InChI=1S/C23H30FN5O4/c1-16(17-5-6-19(25-13-17)29-15-18(24)14-26-29)28-11-12-32-23(20(28)30)7-9-27(10-8-23)21(31)33-22(2,3)4/h5-6,13-16H,7-12H2,1-4H3. The highest BCUT2D eigenvalue weighted by Crippen LogP contribution is 2.35. The van der Waals surface area contributed by atoms with E-state index in [1.54, 1.807) is 17.2 Å². The number of carbonyl (C=O) groups is 2. The van der Waals surface area contributed by atoms with Crippen LogP contribution in [0.3, 0.4) is 0 Å². The van der Waals surface area contributed by atoms with E-state index in [9.17, 15) is 14.0 Å². The number of pyridine rings is 1. The molecule has 2 aliphatic heterocycles. The zero-order chi connectivity index (χ0) is 23.8. The summed E-state index contributed by atoms with van der Waals surface area (Å²) in [7, 11) is 0. The Morgan fingerprint density at radius 3 is 2.52 bits per heavy atom. The van der Waals surface area contributed by atoms with Crippen molar-refractivity contribution in [2.24, 2.45) is 0 Å². The first kappa shape index (κ1) is 23.2. The van der Waals surface area contributed by atoms with Crippen molar-refractivity contribution in [2.45, 2.75) is 57.8 Å². The zero-order valence-corrected chi connectivity index (χ0v) is 19.5. The Labute approximate surface area is 192 Å². The topological polar surface area (TPSA) is 89.8 Å². The lowest BCUT2D eigenvalue weighted by Gasteiger charge is -2.47. The summed E-state index contributed by atoms with van der Waals surface area (Å²) in [6, 6.07) is 3.41. The molecule has 178 valence electrons. The van der Waals surface area contributed by atoms with E-state index >= 15 is 0 Å². The Balaban J connectivity index is 1.43. The van der Waals surface area contributed by atoms with E-state index in [-0.39, 0.29) is 18.0 Å². The van der Waals surface area contributed by atoms with E-state index in [2.05, 4.69) is 10.1 Å². The summed E-state index contributed by atoms with van der Waals surface area (Å²) in [5.74, 6) is -0.00590. The normalized spacial score (nSPS) is 19.6. The van der Waals surface area contributed by atoms with E-state index in [1.807, 2.05) is 38.7 Å². The molecule has 1 unspecified atom stereocenters. The second-order valence-corrected chi connectivity index (χ2v) is 9.54. The van der Waals surface area contributed by atoms with Crippen molar-refractivity contribution in [3.05, 3.63) is 42.1 Å². The van der Waals surface area contributed by atoms with Crippen LogP contribution in [0, 0.1) is 5.82 Å². The number of hydrogen-bond acceptors (Lipinski definition) is 6. The van der Waals surface area contributed by atoms with Gasteiger partial charge in [-0.25, -0.2) is 18.9 Å². The molecule has 9 nitrogen and oxygen atoms in total. The zero-order valence-electron chi connectivity index (χ0n) is 19.5. The van der Waals surface area contributed by atoms with Crippen LogP contribution in [0.5, 0.6) is 0 Å². The van der Waals surface area contributed by atoms with Crippen molar-refractivity contribution in [1.29, 1.82) is 0 Å². The monoisotopic (exact) mass is 459 g/mol. The quantitative estimate of drug-likeness (QED) is 0.701. The molecule has 4 rings (SSSR count). The lowest BCUT2D eigenvalue weighted by atomic mass is 9.87. The molecule has 1 spiro atoms. The van der Waals surface area contributed by atoms with Crippen LogP contribution in [0.15, 0.2) is 30.7 Å². The van der Waals surface area contributed by atoms with Gasteiger partial charge in [-0.15, -0.1) is 0 Å². The summed E-state index contributed by atoms with van der Waals surface area (Å²) < 4.78 is 26.1. The molecule has 0 aliphatic carbocycles. The van der Waals surface area contributed by atoms with Crippen molar-refractivity contribution >= 4 is 12.0 Å². The summed E-state index contributed by atoms with van der Waals surface area (Å²) >= 11 is 0. The van der Waals surface area contributed by atoms with Crippen molar-refractivity contribution in [3.8, 4) is 5.82 Å². The maximum atomic E-state index is 13.5. The van der Waals surface area contributed by atoms with Gasteiger partial charge in [0.1, 0.15) is 11.2 Å². The minimum atomic E-state index is -0.926. The molecule has 1 atom stereocenters. The van der Waals surface area contributed by atoms with Gasteiger partial charge in [0.05, 0.1) is 25.0 Å².